The number of hydrogen-bond acceptors (Lipinski definition) is 4. The number of carbonyl (C=O) groups excluding carboxylic acids is 1. The molecule has 0 atom stereocenters. The van der Waals surface area contributed by atoms with Gasteiger partial charge in [0.2, 0.25) is 0 Å². The largest absolute Gasteiger partial charge is 0.380 e. The highest BCUT2D eigenvalue weighted by Gasteiger charge is 2.09. The molecule has 0 fully saturated rings. The highest BCUT2D eigenvalue weighted by molar-refractivity contribution is 7.84. The summed E-state index contributed by atoms with van der Waals surface area (Å²) in [6.45, 7) is 1.84. The maximum atomic E-state index is 12.0. The second-order valence-corrected chi connectivity index (χ2v) is 5.83. The molecule has 0 aliphatic carbocycles. The van der Waals surface area contributed by atoms with Gasteiger partial charge >= 0.3 is 10.3 Å². The summed E-state index contributed by atoms with van der Waals surface area (Å²) < 4.78 is 26.8. The first-order chi connectivity index (χ1) is 10.3. The first-order valence-electron chi connectivity index (χ1n) is 6.45. The van der Waals surface area contributed by atoms with Gasteiger partial charge < -0.3 is 4.18 Å². The third-order valence-corrected chi connectivity index (χ3v) is 3.26. The number of aryl methyl sites for hydroxylation is 1. The highest BCUT2D eigenvalue weighted by Crippen LogP contribution is 2.22. The van der Waals surface area contributed by atoms with Gasteiger partial charge in [-0.3, -0.25) is 4.79 Å². The molecule has 0 radical (unpaired) electrons. The molecule has 5 nitrogen and oxygen atoms in total. The van der Waals surface area contributed by atoms with Crippen molar-refractivity contribution in [3.63, 3.8) is 0 Å². The Morgan fingerprint density at radius 2 is 1.82 bits per heavy atom. The van der Waals surface area contributed by atoms with Crippen LogP contribution in [0, 0.1) is 6.92 Å². The maximum Gasteiger partial charge on any atom is 0.380 e. The number of hydrogen-bond donors (Lipinski definition) is 1. The Bertz CT molecular complexity index is 811. The molecular formula is C16H15NO4S. The minimum Gasteiger partial charge on any atom is -0.370 e. The molecule has 2 rings (SSSR count). The van der Waals surface area contributed by atoms with Crippen LogP contribution in [0.2, 0.25) is 0 Å². The average Bonchev–Trinajstić information content (AvgIpc) is 2.47. The van der Waals surface area contributed by atoms with Crippen LogP contribution < -0.4 is 9.32 Å². The fraction of sp³-hybridized carbons (Fsp3) is 0.0625. The van der Waals surface area contributed by atoms with Gasteiger partial charge in [0.1, 0.15) is 0 Å². The Kier molecular flexibility index (Phi) is 4.75. The maximum absolute atomic E-state index is 12.0. The Morgan fingerprint density at radius 3 is 2.45 bits per heavy atom. The number of allylic oxidation sites excluding steroid dienone is 1. The fourth-order valence-corrected chi connectivity index (χ4v) is 2.27. The van der Waals surface area contributed by atoms with E-state index in [1.165, 1.54) is 18.2 Å². The molecule has 0 unspecified atom stereocenters. The Morgan fingerprint density at radius 1 is 1.14 bits per heavy atom. The number of ketones is 1. The molecule has 6 heteroatoms. The van der Waals surface area contributed by atoms with Crippen molar-refractivity contribution < 1.29 is 17.4 Å². The van der Waals surface area contributed by atoms with E-state index in [1.807, 2.05) is 13.0 Å². The number of rotatable bonds is 5. The molecular weight excluding hydrogens is 302 g/mol. The molecule has 2 N–H and O–H groups in total. The standard InChI is InChI=1S/C16H15NO4S/c1-12-7-10-16(21-22(17,19)20)14(11-12)8-9-15(18)13-5-3-2-4-6-13/h2-11H,1H3,(H2,17,19,20)/b9-8+. The van der Waals surface area contributed by atoms with Crippen molar-refractivity contribution in [1.82, 2.24) is 0 Å². The van der Waals surface area contributed by atoms with Crippen molar-refractivity contribution >= 4 is 22.2 Å². The van der Waals surface area contributed by atoms with Crippen molar-refractivity contribution in [2.24, 2.45) is 5.14 Å². The van der Waals surface area contributed by atoms with Crippen LogP contribution >= 0.6 is 0 Å². The summed E-state index contributed by atoms with van der Waals surface area (Å²) >= 11 is 0. The molecule has 0 saturated heterocycles. The zero-order valence-corrected chi connectivity index (χ0v) is 12.7. The van der Waals surface area contributed by atoms with Gasteiger partial charge in [-0.05, 0) is 31.2 Å². The van der Waals surface area contributed by atoms with Crippen LogP contribution in [0.15, 0.2) is 54.6 Å². The van der Waals surface area contributed by atoms with E-state index in [9.17, 15) is 13.2 Å². The summed E-state index contributed by atoms with van der Waals surface area (Å²) in [5.41, 5.74) is 1.90. The summed E-state index contributed by atoms with van der Waals surface area (Å²) in [6.07, 6.45) is 2.86. The molecule has 0 heterocycles. The summed E-state index contributed by atoms with van der Waals surface area (Å²) in [4.78, 5) is 12.0. The van der Waals surface area contributed by atoms with Crippen LogP contribution in [-0.4, -0.2) is 14.2 Å². The van der Waals surface area contributed by atoms with E-state index in [2.05, 4.69) is 0 Å². The van der Waals surface area contributed by atoms with E-state index in [1.54, 1.807) is 36.4 Å². The molecule has 0 bridgehead atoms. The van der Waals surface area contributed by atoms with Crippen molar-refractivity contribution in [2.45, 2.75) is 6.92 Å². The minimum atomic E-state index is -4.12. The fourth-order valence-electron chi connectivity index (χ4n) is 1.86. The van der Waals surface area contributed by atoms with Crippen LogP contribution in [0.4, 0.5) is 0 Å². The molecule has 2 aromatic rings. The zero-order valence-electron chi connectivity index (χ0n) is 11.9. The summed E-state index contributed by atoms with van der Waals surface area (Å²) in [5, 5.41) is 4.88. The molecule has 114 valence electrons. The third kappa shape index (κ3) is 4.54. The van der Waals surface area contributed by atoms with Crippen molar-refractivity contribution in [3.05, 3.63) is 71.3 Å². The van der Waals surface area contributed by atoms with E-state index in [0.29, 0.717) is 11.1 Å². The Labute approximate surface area is 129 Å². The predicted octanol–water partition coefficient (Wildman–Crippen LogP) is 2.47. The van der Waals surface area contributed by atoms with Gasteiger partial charge in [0.15, 0.2) is 11.5 Å². The van der Waals surface area contributed by atoms with Crippen LogP contribution in [0.1, 0.15) is 21.5 Å². The van der Waals surface area contributed by atoms with Gasteiger partial charge in [0, 0.05) is 11.1 Å². The molecule has 22 heavy (non-hydrogen) atoms. The normalized spacial score (nSPS) is 11.5. The number of benzene rings is 2. The van der Waals surface area contributed by atoms with Crippen LogP contribution in [-0.2, 0) is 10.3 Å². The monoisotopic (exact) mass is 317 g/mol. The third-order valence-electron chi connectivity index (χ3n) is 2.84. The topological polar surface area (TPSA) is 86.5 Å². The smallest absolute Gasteiger partial charge is 0.370 e. The Hall–Kier alpha value is -2.44. The van der Waals surface area contributed by atoms with Crippen LogP contribution in [0.25, 0.3) is 6.08 Å². The highest BCUT2D eigenvalue weighted by atomic mass is 32.2. The summed E-state index contributed by atoms with van der Waals surface area (Å²) in [5.74, 6) is -0.117. The van der Waals surface area contributed by atoms with E-state index >= 15 is 0 Å². The first-order valence-corrected chi connectivity index (χ1v) is 7.92. The minimum absolute atomic E-state index is 0.0743. The SMILES string of the molecule is Cc1ccc(OS(N)(=O)=O)c(/C=C/C(=O)c2ccccc2)c1. The lowest BCUT2D eigenvalue weighted by Gasteiger charge is -2.07. The molecule has 0 aliphatic heterocycles. The van der Waals surface area contributed by atoms with E-state index < -0.39 is 10.3 Å². The lowest BCUT2D eigenvalue weighted by atomic mass is 10.1. The molecule has 0 aromatic heterocycles. The van der Waals surface area contributed by atoms with Crippen LogP contribution in [0.3, 0.4) is 0 Å². The van der Waals surface area contributed by atoms with Gasteiger partial charge in [-0.25, -0.2) is 0 Å². The molecule has 2 aromatic carbocycles. The lowest BCUT2D eigenvalue weighted by Crippen LogP contribution is -2.19. The average molecular weight is 317 g/mol. The zero-order chi connectivity index (χ0) is 16.2. The Balaban J connectivity index is 2.30. The predicted molar refractivity (Wildman–Crippen MR) is 84.7 cm³/mol. The second kappa shape index (κ2) is 6.55. The quantitative estimate of drug-likeness (QED) is 0.678. The molecule has 0 aliphatic rings. The first kappa shape index (κ1) is 15.9. The van der Waals surface area contributed by atoms with Crippen molar-refractivity contribution in [1.29, 1.82) is 0 Å². The van der Waals surface area contributed by atoms with Crippen molar-refractivity contribution in [2.75, 3.05) is 0 Å². The van der Waals surface area contributed by atoms with Crippen molar-refractivity contribution in [3.8, 4) is 5.75 Å². The van der Waals surface area contributed by atoms with E-state index in [4.69, 9.17) is 9.32 Å². The summed E-state index contributed by atoms with van der Waals surface area (Å²) in [6, 6.07) is 13.6. The van der Waals surface area contributed by atoms with E-state index in [-0.39, 0.29) is 11.5 Å². The van der Waals surface area contributed by atoms with Gasteiger partial charge in [-0.1, -0.05) is 42.0 Å². The van der Waals surface area contributed by atoms with Crippen LogP contribution in [0.5, 0.6) is 5.75 Å². The van der Waals surface area contributed by atoms with Gasteiger partial charge in [-0.2, -0.15) is 13.6 Å². The molecule has 0 spiro atoms. The lowest BCUT2D eigenvalue weighted by molar-refractivity contribution is 0.104. The van der Waals surface area contributed by atoms with Gasteiger partial charge in [0.05, 0.1) is 0 Å². The second-order valence-electron chi connectivity index (χ2n) is 4.68. The number of nitrogens with two attached hydrogens (primary N) is 1. The summed E-state index contributed by atoms with van der Waals surface area (Å²) in [7, 11) is -4.12. The van der Waals surface area contributed by atoms with Gasteiger partial charge in [-0.15, -0.1) is 0 Å². The molecule has 0 saturated carbocycles. The van der Waals surface area contributed by atoms with Gasteiger partial charge in [0.25, 0.3) is 0 Å². The number of carbonyl (C=O) groups is 1. The molecule has 0 amide bonds. The van der Waals surface area contributed by atoms with E-state index in [0.717, 1.165) is 5.56 Å².